The van der Waals surface area contributed by atoms with Crippen LogP contribution in [0, 0.1) is 7.40 Å². The van der Waals surface area contributed by atoms with E-state index in [0.29, 0.717) is 0 Å². The van der Waals surface area contributed by atoms with E-state index < -0.39 is 0 Å². The fraction of sp³-hybridized carbons (Fsp3) is 0.565. The molecule has 4 heteroatoms. The monoisotopic (exact) mass is 588 g/mol. The molecule has 1 aliphatic rings. The topological polar surface area (TPSA) is 25.8 Å². The lowest BCUT2D eigenvalue weighted by Gasteiger charge is -2.32. The maximum atomic E-state index is 4.94. The molecule has 146 valence electrons. The molecule has 0 spiro atoms. The second-order valence-electron chi connectivity index (χ2n) is 7.76. The van der Waals surface area contributed by atoms with Gasteiger partial charge in [0.25, 0.3) is 0 Å². The second kappa shape index (κ2) is 9.99. The summed E-state index contributed by atoms with van der Waals surface area (Å²) in [5, 5.41) is 0. The lowest BCUT2D eigenvalue weighted by Crippen LogP contribution is -2.25. The van der Waals surface area contributed by atoms with Gasteiger partial charge in [0.2, 0.25) is 0 Å². The second-order valence-corrected chi connectivity index (χ2v) is 9.97. The van der Waals surface area contributed by atoms with E-state index in [1.807, 2.05) is 0 Å². The van der Waals surface area contributed by atoms with Crippen LogP contribution in [0.2, 0.25) is 0 Å². The van der Waals surface area contributed by atoms with E-state index in [1.54, 1.807) is 0 Å². The molecule has 0 amide bonds. The van der Waals surface area contributed by atoms with Gasteiger partial charge >= 0.3 is 0 Å². The minimum atomic E-state index is 0.112. The minimum Gasteiger partial charge on any atom is -0.240 e. The third-order valence-electron chi connectivity index (χ3n) is 5.89. The zero-order valence-electron chi connectivity index (χ0n) is 16.5. The smallest absolute Gasteiger partial charge is 0.102 e. The van der Waals surface area contributed by atoms with Gasteiger partial charge in [-0.3, -0.25) is 0 Å². The maximum Gasteiger partial charge on any atom is 0.102 e. The largest absolute Gasteiger partial charge is 0.240 e. The third-order valence-corrected chi connectivity index (χ3v) is 7.09. The van der Waals surface area contributed by atoms with Gasteiger partial charge in [0, 0.05) is 5.41 Å². The molecule has 0 atom stereocenters. The molecule has 2 heterocycles. The number of rotatable bonds is 10. The van der Waals surface area contributed by atoms with Crippen LogP contribution in [0.5, 0.6) is 0 Å². The molecule has 0 saturated heterocycles. The van der Waals surface area contributed by atoms with Gasteiger partial charge in [-0.05, 0) is 81.3 Å². The fourth-order valence-electron chi connectivity index (χ4n) is 4.52. The molecule has 0 radical (unpaired) electrons. The highest BCUT2D eigenvalue weighted by Crippen LogP contribution is 2.53. The third kappa shape index (κ3) is 4.68. The lowest BCUT2D eigenvalue weighted by molar-refractivity contribution is 0.400. The van der Waals surface area contributed by atoms with Crippen LogP contribution in [0.25, 0.3) is 11.4 Å². The Kier molecular flexibility index (Phi) is 7.94. The molecule has 0 aromatic carbocycles. The van der Waals surface area contributed by atoms with Gasteiger partial charge in [-0.25, -0.2) is 9.97 Å². The summed E-state index contributed by atoms with van der Waals surface area (Å²) in [5.41, 5.74) is 5.25. The van der Waals surface area contributed by atoms with E-state index in [-0.39, 0.29) is 5.41 Å². The molecule has 0 bridgehead atoms. The van der Waals surface area contributed by atoms with Crippen molar-refractivity contribution in [2.45, 2.75) is 83.5 Å². The summed E-state index contributed by atoms with van der Waals surface area (Å²) >= 11 is 4.66. The Morgan fingerprint density at radius 1 is 0.667 bits per heavy atom. The average Bonchev–Trinajstić information content (AvgIpc) is 2.92. The SMILES string of the molecule is CCCCCCC1(CCCCCC)c2ccc(I)nc2-c2nc(I)ccc21. The van der Waals surface area contributed by atoms with E-state index in [9.17, 15) is 0 Å². The van der Waals surface area contributed by atoms with Gasteiger partial charge in [0.15, 0.2) is 0 Å². The van der Waals surface area contributed by atoms with Crippen LogP contribution in [0.4, 0.5) is 0 Å². The van der Waals surface area contributed by atoms with E-state index in [4.69, 9.17) is 9.97 Å². The summed E-state index contributed by atoms with van der Waals surface area (Å²) in [7, 11) is 0. The van der Waals surface area contributed by atoms with Crippen molar-refractivity contribution in [3.8, 4) is 11.4 Å². The molecule has 3 rings (SSSR count). The molecule has 2 aromatic rings. The predicted octanol–water partition coefficient (Wildman–Crippen LogP) is 7.89. The van der Waals surface area contributed by atoms with Gasteiger partial charge in [-0.2, -0.15) is 0 Å². The van der Waals surface area contributed by atoms with E-state index in [0.717, 1.165) is 18.8 Å². The van der Waals surface area contributed by atoms with Crippen molar-refractivity contribution in [1.29, 1.82) is 0 Å². The molecule has 0 saturated carbocycles. The molecule has 0 fully saturated rings. The van der Waals surface area contributed by atoms with Crippen molar-refractivity contribution in [1.82, 2.24) is 9.97 Å². The van der Waals surface area contributed by atoms with Crippen molar-refractivity contribution < 1.29 is 0 Å². The van der Waals surface area contributed by atoms with Crippen LogP contribution in [0.15, 0.2) is 24.3 Å². The number of nitrogens with zero attached hydrogens (tertiary/aromatic N) is 2. The Hall–Kier alpha value is -0.240. The molecular formula is C23H30I2N2. The van der Waals surface area contributed by atoms with E-state index >= 15 is 0 Å². The maximum absolute atomic E-state index is 4.94. The highest BCUT2D eigenvalue weighted by molar-refractivity contribution is 14.1. The van der Waals surface area contributed by atoms with E-state index in [2.05, 4.69) is 83.3 Å². The average molecular weight is 588 g/mol. The lowest BCUT2D eigenvalue weighted by atomic mass is 9.71. The number of halogens is 2. The Morgan fingerprint density at radius 2 is 1.11 bits per heavy atom. The number of fused-ring (bicyclic) bond motifs is 3. The number of pyridine rings is 2. The summed E-state index contributed by atoms with van der Waals surface area (Å²) in [6, 6.07) is 9.06. The molecule has 27 heavy (non-hydrogen) atoms. The number of aromatic nitrogens is 2. The first-order chi connectivity index (χ1) is 13.1. The van der Waals surface area contributed by atoms with Gasteiger partial charge < -0.3 is 0 Å². The molecule has 0 aliphatic heterocycles. The summed E-state index contributed by atoms with van der Waals surface area (Å²) in [6.45, 7) is 4.58. The van der Waals surface area contributed by atoms with Crippen LogP contribution in [-0.2, 0) is 5.41 Å². The molecule has 1 aliphatic carbocycles. The molecule has 0 unspecified atom stereocenters. The normalized spacial score (nSPS) is 14.2. The number of unbranched alkanes of at least 4 members (excludes halogenated alkanes) is 6. The van der Waals surface area contributed by atoms with Crippen LogP contribution in [-0.4, -0.2) is 9.97 Å². The van der Waals surface area contributed by atoms with Gasteiger partial charge in [0.05, 0.1) is 11.4 Å². The van der Waals surface area contributed by atoms with Gasteiger partial charge in [-0.1, -0.05) is 77.3 Å². The Balaban J connectivity index is 2.02. The molecular weight excluding hydrogens is 558 g/mol. The first-order valence-electron chi connectivity index (χ1n) is 10.5. The van der Waals surface area contributed by atoms with Crippen LogP contribution < -0.4 is 0 Å². The van der Waals surface area contributed by atoms with Crippen molar-refractivity contribution in [2.75, 3.05) is 0 Å². The molecule has 0 N–H and O–H groups in total. The zero-order chi connectivity index (χ0) is 19.3. The Bertz CT molecular complexity index is 707. The van der Waals surface area contributed by atoms with Crippen molar-refractivity contribution in [3.63, 3.8) is 0 Å². The highest BCUT2D eigenvalue weighted by Gasteiger charge is 2.44. The van der Waals surface area contributed by atoms with Crippen molar-refractivity contribution in [3.05, 3.63) is 42.8 Å². The summed E-state index contributed by atoms with van der Waals surface area (Å²) in [6.07, 6.45) is 12.9. The van der Waals surface area contributed by atoms with Gasteiger partial charge in [-0.15, -0.1) is 0 Å². The summed E-state index contributed by atoms with van der Waals surface area (Å²) in [4.78, 5) is 9.88. The van der Waals surface area contributed by atoms with E-state index in [1.165, 1.54) is 75.3 Å². The zero-order valence-corrected chi connectivity index (χ0v) is 20.8. The number of hydrogen-bond donors (Lipinski definition) is 0. The predicted molar refractivity (Wildman–Crippen MR) is 131 cm³/mol. The first kappa shape index (κ1) is 21.5. The van der Waals surface area contributed by atoms with Crippen molar-refractivity contribution >= 4 is 45.2 Å². The standard InChI is InChI=1S/C23H30I2N2/c1-3-5-7-9-15-23(16-10-8-6-4-2)17-11-13-19(24)26-21(17)22-18(23)12-14-20(25)27-22/h11-14H,3-10,15-16H2,1-2H3. The minimum absolute atomic E-state index is 0.112. The van der Waals surface area contributed by atoms with Crippen molar-refractivity contribution in [2.24, 2.45) is 0 Å². The highest BCUT2D eigenvalue weighted by atomic mass is 127. The first-order valence-corrected chi connectivity index (χ1v) is 12.6. The summed E-state index contributed by atoms with van der Waals surface area (Å²) in [5.74, 6) is 0. The molecule has 2 nitrogen and oxygen atoms in total. The number of hydrogen-bond acceptors (Lipinski definition) is 2. The van der Waals surface area contributed by atoms with Gasteiger partial charge in [0.1, 0.15) is 7.40 Å². The Labute approximate surface area is 191 Å². The Morgan fingerprint density at radius 3 is 1.52 bits per heavy atom. The molecule has 2 aromatic heterocycles. The van der Waals surface area contributed by atoms with Crippen LogP contribution >= 0.6 is 45.2 Å². The summed E-state index contributed by atoms with van der Waals surface area (Å²) < 4.78 is 2.12. The van der Waals surface area contributed by atoms with Crippen LogP contribution in [0.3, 0.4) is 0 Å². The fourth-order valence-corrected chi connectivity index (χ4v) is 5.36. The van der Waals surface area contributed by atoms with Crippen LogP contribution in [0.1, 0.15) is 89.2 Å². The quantitative estimate of drug-likeness (QED) is 0.160.